The first kappa shape index (κ1) is 33.5. The first-order valence-electron chi connectivity index (χ1n) is 18.0. The number of nitrogens with zero attached hydrogens (tertiary/aromatic N) is 4. The van der Waals surface area contributed by atoms with E-state index in [4.69, 9.17) is 24.0 Å². The highest BCUT2D eigenvalue weighted by Crippen LogP contribution is 2.40. The van der Waals surface area contributed by atoms with Crippen LogP contribution in [0.1, 0.15) is 11.1 Å². The fourth-order valence-electron chi connectivity index (χ4n) is 6.84. The molecule has 0 unspecified atom stereocenters. The maximum Gasteiger partial charge on any atom is 0.141 e. The van der Waals surface area contributed by atoms with E-state index in [1.807, 2.05) is 120 Å². The smallest absolute Gasteiger partial charge is 0.141 e. The zero-order valence-electron chi connectivity index (χ0n) is 30.1. The van der Waals surface area contributed by atoms with Crippen LogP contribution in [0.15, 0.2) is 176 Å². The molecule has 0 N–H and O–H groups in total. The van der Waals surface area contributed by atoms with Crippen LogP contribution in [-0.2, 0) is 13.2 Å². The van der Waals surface area contributed by atoms with E-state index in [1.54, 1.807) is 13.3 Å². The highest BCUT2D eigenvalue weighted by atomic mass is 16.5. The maximum atomic E-state index is 6.52. The summed E-state index contributed by atoms with van der Waals surface area (Å²) >= 11 is 0. The second-order valence-corrected chi connectivity index (χ2v) is 13.0. The summed E-state index contributed by atoms with van der Waals surface area (Å²) in [6.45, 7) is 0.845. The van der Waals surface area contributed by atoms with Crippen molar-refractivity contribution in [3.8, 4) is 51.4 Å². The van der Waals surface area contributed by atoms with E-state index in [-0.39, 0.29) is 0 Å². The Balaban J connectivity index is 1.03. The van der Waals surface area contributed by atoms with Crippen LogP contribution in [0.3, 0.4) is 0 Å². The van der Waals surface area contributed by atoms with Gasteiger partial charge < -0.3 is 18.9 Å². The summed E-state index contributed by atoms with van der Waals surface area (Å²) in [5.74, 6) is 4.30. The SMILES string of the molecule is COc1ccnc(-n2c3ccccc3c3ccc(Oc4cccc(-n5cc(-c6c(OCc7ccccc7)cccc6OCc6ccccc6)cn5)c4)cc32)c1. The lowest BCUT2D eigenvalue weighted by Gasteiger charge is -2.16. The Hall–Kier alpha value is -7.32. The van der Waals surface area contributed by atoms with Crippen molar-refractivity contribution < 1.29 is 18.9 Å². The molecule has 6 aromatic carbocycles. The fraction of sp³-hybridized carbons (Fsp3) is 0.0638. The Kier molecular flexibility index (Phi) is 9.12. The van der Waals surface area contributed by atoms with Gasteiger partial charge in [0.05, 0.1) is 35.6 Å². The molecule has 9 aromatic rings. The third-order valence-electron chi connectivity index (χ3n) is 9.48. The van der Waals surface area contributed by atoms with E-state index >= 15 is 0 Å². The molecule has 0 saturated heterocycles. The molecule has 0 aliphatic carbocycles. The molecule has 0 saturated carbocycles. The molecule has 55 heavy (non-hydrogen) atoms. The Morgan fingerprint density at radius 3 is 1.98 bits per heavy atom. The molecule has 0 spiro atoms. The predicted molar refractivity (Wildman–Crippen MR) is 216 cm³/mol. The number of hydrogen-bond acceptors (Lipinski definition) is 6. The third-order valence-corrected chi connectivity index (χ3v) is 9.48. The molecule has 3 heterocycles. The lowest BCUT2D eigenvalue weighted by molar-refractivity contribution is 0.292. The average Bonchev–Trinajstić information content (AvgIpc) is 3.86. The number of ether oxygens (including phenoxy) is 4. The first-order valence-corrected chi connectivity index (χ1v) is 18.0. The van der Waals surface area contributed by atoms with Crippen molar-refractivity contribution in [2.75, 3.05) is 7.11 Å². The van der Waals surface area contributed by atoms with Crippen LogP contribution in [0, 0.1) is 0 Å². The van der Waals surface area contributed by atoms with Gasteiger partial charge in [-0.3, -0.25) is 4.57 Å². The number of aromatic nitrogens is 4. The molecule has 268 valence electrons. The summed E-state index contributed by atoms with van der Waals surface area (Å²) in [6, 6.07) is 52.3. The monoisotopic (exact) mass is 720 g/mol. The number of benzene rings is 6. The highest BCUT2D eigenvalue weighted by Gasteiger charge is 2.18. The van der Waals surface area contributed by atoms with E-state index in [9.17, 15) is 0 Å². The molecular weight excluding hydrogens is 685 g/mol. The maximum absolute atomic E-state index is 6.52. The van der Waals surface area contributed by atoms with Crippen molar-refractivity contribution in [3.63, 3.8) is 0 Å². The minimum Gasteiger partial charge on any atom is -0.497 e. The van der Waals surface area contributed by atoms with E-state index in [1.165, 1.54) is 0 Å². The number of pyridine rings is 1. The van der Waals surface area contributed by atoms with Gasteiger partial charge in [0.25, 0.3) is 0 Å². The van der Waals surface area contributed by atoms with Crippen LogP contribution < -0.4 is 18.9 Å². The number of para-hydroxylation sites is 1. The van der Waals surface area contributed by atoms with Crippen molar-refractivity contribution in [3.05, 3.63) is 187 Å². The van der Waals surface area contributed by atoms with Gasteiger partial charge >= 0.3 is 0 Å². The fourth-order valence-corrected chi connectivity index (χ4v) is 6.84. The molecule has 0 radical (unpaired) electrons. The quantitative estimate of drug-likeness (QED) is 0.125. The summed E-state index contributed by atoms with van der Waals surface area (Å²) < 4.78 is 28.9. The normalized spacial score (nSPS) is 11.1. The van der Waals surface area contributed by atoms with Gasteiger partial charge in [0, 0.05) is 46.9 Å². The molecule has 8 nitrogen and oxygen atoms in total. The van der Waals surface area contributed by atoms with Gasteiger partial charge in [-0.2, -0.15) is 5.10 Å². The minimum atomic E-state index is 0.423. The van der Waals surface area contributed by atoms with Crippen molar-refractivity contribution in [2.45, 2.75) is 13.2 Å². The number of fused-ring (bicyclic) bond motifs is 3. The summed E-state index contributed by atoms with van der Waals surface area (Å²) in [5.41, 5.74) is 6.72. The molecule has 0 bridgehead atoms. The second kappa shape index (κ2) is 15.0. The average molecular weight is 721 g/mol. The van der Waals surface area contributed by atoms with Gasteiger partial charge in [-0.05, 0) is 59.7 Å². The van der Waals surface area contributed by atoms with Crippen LogP contribution in [0.2, 0.25) is 0 Å². The van der Waals surface area contributed by atoms with Crippen LogP contribution >= 0.6 is 0 Å². The standard InChI is InChI=1S/C47H36N4O4/c1-52-37-24-25-48-46(28-37)51-42-19-9-8-18-40(42)41-23-22-39(27-43(41)51)55-38-17-10-16-36(26-38)50-30-35(29-49-50)47-44(53-31-33-12-4-2-5-13-33)20-11-21-45(47)54-32-34-14-6-3-7-15-34/h2-30H,31-32H2,1H3. The van der Waals surface area contributed by atoms with Crippen molar-refractivity contribution in [2.24, 2.45) is 0 Å². The van der Waals surface area contributed by atoms with Gasteiger partial charge in [0.15, 0.2) is 0 Å². The van der Waals surface area contributed by atoms with Gasteiger partial charge in [-0.15, -0.1) is 0 Å². The van der Waals surface area contributed by atoms with Gasteiger partial charge in [-0.1, -0.05) is 91.0 Å². The topological polar surface area (TPSA) is 72.6 Å². The van der Waals surface area contributed by atoms with Crippen LogP contribution in [0.25, 0.3) is 44.4 Å². The van der Waals surface area contributed by atoms with E-state index in [0.717, 1.165) is 61.3 Å². The van der Waals surface area contributed by atoms with Crippen LogP contribution in [0.4, 0.5) is 0 Å². The zero-order valence-corrected chi connectivity index (χ0v) is 30.1. The zero-order chi connectivity index (χ0) is 37.0. The lowest BCUT2D eigenvalue weighted by Crippen LogP contribution is -2.01. The molecule has 0 atom stereocenters. The Bertz CT molecular complexity index is 2680. The molecule has 0 aliphatic heterocycles. The largest absolute Gasteiger partial charge is 0.497 e. The van der Waals surface area contributed by atoms with Crippen molar-refractivity contribution in [1.82, 2.24) is 19.3 Å². The van der Waals surface area contributed by atoms with Gasteiger partial charge in [-0.25, -0.2) is 9.67 Å². The summed E-state index contributed by atoms with van der Waals surface area (Å²) in [6.07, 6.45) is 5.59. The Morgan fingerprint density at radius 1 is 0.564 bits per heavy atom. The first-order chi connectivity index (χ1) is 27.2. The lowest BCUT2D eigenvalue weighted by atomic mass is 10.1. The van der Waals surface area contributed by atoms with E-state index in [0.29, 0.717) is 36.2 Å². The number of rotatable bonds is 12. The minimum absolute atomic E-state index is 0.423. The summed E-state index contributed by atoms with van der Waals surface area (Å²) in [4.78, 5) is 4.69. The van der Waals surface area contributed by atoms with Gasteiger partial charge in [0.2, 0.25) is 0 Å². The van der Waals surface area contributed by atoms with Crippen molar-refractivity contribution in [1.29, 1.82) is 0 Å². The van der Waals surface area contributed by atoms with Gasteiger partial charge in [0.1, 0.15) is 47.8 Å². The predicted octanol–water partition coefficient (Wildman–Crippen LogP) is 11.0. The molecule has 3 aromatic heterocycles. The van der Waals surface area contributed by atoms with E-state index < -0.39 is 0 Å². The number of methoxy groups -OCH3 is 1. The molecule has 0 aliphatic rings. The van der Waals surface area contributed by atoms with E-state index in [2.05, 4.69) is 64.1 Å². The Labute approximate surface area is 318 Å². The third kappa shape index (κ3) is 6.96. The summed E-state index contributed by atoms with van der Waals surface area (Å²) in [5, 5.41) is 7.02. The molecule has 0 fully saturated rings. The second-order valence-electron chi connectivity index (χ2n) is 13.0. The summed E-state index contributed by atoms with van der Waals surface area (Å²) in [7, 11) is 1.66. The number of hydrogen-bond donors (Lipinski definition) is 0. The molecule has 9 rings (SSSR count). The molecule has 0 amide bonds. The highest BCUT2D eigenvalue weighted by molar-refractivity contribution is 6.09. The molecular formula is C47H36N4O4. The molecule has 8 heteroatoms. The van der Waals surface area contributed by atoms with Crippen LogP contribution in [0.5, 0.6) is 28.7 Å². The van der Waals surface area contributed by atoms with Crippen molar-refractivity contribution >= 4 is 21.8 Å². The van der Waals surface area contributed by atoms with Crippen LogP contribution in [-0.4, -0.2) is 26.4 Å². The Morgan fingerprint density at radius 2 is 1.24 bits per heavy atom.